The van der Waals surface area contributed by atoms with Crippen molar-refractivity contribution in [3.63, 3.8) is 0 Å². The summed E-state index contributed by atoms with van der Waals surface area (Å²) in [5.41, 5.74) is 9.70. The quantitative estimate of drug-likeness (QED) is 0.178. The smallest absolute Gasteiger partial charge is 0.143 e. The average molecular weight is 700 g/mol. The van der Waals surface area contributed by atoms with E-state index in [-0.39, 0.29) is 0 Å². The molecule has 0 amide bonds. The van der Waals surface area contributed by atoms with Crippen molar-refractivity contribution < 1.29 is 4.42 Å². The molecule has 0 bridgehead atoms. The first kappa shape index (κ1) is 29.5. The summed E-state index contributed by atoms with van der Waals surface area (Å²) in [5.74, 6) is 0. The lowest BCUT2D eigenvalue weighted by atomic mass is 9.98. The van der Waals surface area contributed by atoms with Crippen LogP contribution in [0.2, 0.25) is 0 Å². The summed E-state index contributed by atoms with van der Waals surface area (Å²) < 4.78 is 11.9. The molecule has 4 heteroatoms. The molecule has 0 unspecified atom stereocenters. The van der Waals surface area contributed by atoms with Gasteiger partial charge in [-0.1, -0.05) is 109 Å². The number of nitrogens with zero attached hydrogens (tertiary/aromatic N) is 1. The van der Waals surface area contributed by atoms with E-state index < -0.39 is 0 Å². The van der Waals surface area contributed by atoms with Gasteiger partial charge in [0.2, 0.25) is 0 Å². The van der Waals surface area contributed by atoms with Crippen LogP contribution in [-0.2, 0) is 0 Å². The van der Waals surface area contributed by atoms with Crippen molar-refractivity contribution in [2.75, 3.05) is 4.90 Å². The predicted molar refractivity (Wildman–Crippen MR) is 225 cm³/mol. The van der Waals surface area contributed by atoms with Gasteiger partial charge in [-0.15, -0.1) is 22.7 Å². The predicted octanol–water partition coefficient (Wildman–Crippen LogP) is 15.1. The molecular formula is C48H29NOS2. The van der Waals surface area contributed by atoms with Gasteiger partial charge in [-0.05, 0) is 83.4 Å². The summed E-state index contributed by atoms with van der Waals surface area (Å²) in [7, 11) is 0. The van der Waals surface area contributed by atoms with Crippen molar-refractivity contribution in [1.29, 1.82) is 0 Å². The minimum atomic E-state index is 0.892. The van der Waals surface area contributed by atoms with Crippen LogP contribution in [0.25, 0.3) is 84.5 Å². The molecule has 0 saturated carbocycles. The number of thiophene rings is 2. The Balaban J connectivity index is 1.17. The number of para-hydroxylation sites is 1. The van der Waals surface area contributed by atoms with Gasteiger partial charge in [-0.2, -0.15) is 0 Å². The molecule has 0 atom stereocenters. The lowest BCUT2D eigenvalue weighted by molar-refractivity contribution is 0.670. The van der Waals surface area contributed by atoms with Gasteiger partial charge in [-0.25, -0.2) is 0 Å². The lowest BCUT2D eigenvalue weighted by Gasteiger charge is -2.26. The summed E-state index contributed by atoms with van der Waals surface area (Å²) >= 11 is 3.70. The maximum atomic E-state index is 6.71. The Labute approximate surface area is 308 Å². The minimum absolute atomic E-state index is 0.892. The van der Waals surface area contributed by atoms with E-state index >= 15 is 0 Å². The third-order valence-electron chi connectivity index (χ3n) is 10.3. The second kappa shape index (κ2) is 11.7. The molecule has 11 rings (SSSR count). The van der Waals surface area contributed by atoms with E-state index in [1.54, 1.807) is 0 Å². The van der Waals surface area contributed by atoms with Gasteiger partial charge in [0.15, 0.2) is 0 Å². The zero-order valence-corrected chi connectivity index (χ0v) is 29.5. The Morgan fingerprint density at radius 3 is 1.75 bits per heavy atom. The number of anilines is 3. The number of furan rings is 1. The summed E-state index contributed by atoms with van der Waals surface area (Å²) in [4.78, 5) is 2.40. The molecule has 0 fully saturated rings. The van der Waals surface area contributed by atoms with Crippen LogP contribution in [0.15, 0.2) is 180 Å². The number of hydrogen-bond donors (Lipinski definition) is 0. The molecule has 3 heterocycles. The first-order valence-corrected chi connectivity index (χ1v) is 19.1. The second-order valence-corrected chi connectivity index (χ2v) is 15.5. The Morgan fingerprint density at radius 2 is 0.942 bits per heavy atom. The largest absolute Gasteiger partial charge is 0.455 e. The molecule has 3 aromatic heterocycles. The van der Waals surface area contributed by atoms with E-state index in [0.717, 1.165) is 50.1 Å². The molecule has 8 aromatic carbocycles. The van der Waals surface area contributed by atoms with Crippen LogP contribution in [0.3, 0.4) is 0 Å². The first-order valence-electron chi connectivity index (χ1n) is 17.5. The minimum Gasteiger partial charge on any atom is -0.455 e. The van der Waals surface area contributed by atoms with Gasteiger partial charge in [0.25, 0.3) is 0 Å². The zero-order chi connectivity index (χ0) is 34.2. The van der Waals surface area contributed by atoms with E-state index in [4.69, 9.17) is 4.42 Å². The van der Waals surface area contributed by atoms with E-state index in [1.165, 1.54) is 51.5 Å². The normalized spacial score (nSPS) is 11.8. The van der Waals surface area contributed by atoms with E-state index in [0.29, 0.717) is 0 Å². The Kier molecular flexibility index (Phi) is 6.63. The van der Waals surface area contributed by atoms with Gasteiger partial charge >= 0.3 is 0 Å². The molecule has 0 aliphatic heterocycles. The maximum absolute atomic E-state index is 6.71. The molecule has 0 saturated heterocycles. The standard InChI is InChI=1S/C48H29NOS2/c1-2-10-30(11-3-1)31-18-21-33(22-19-31)49(34-23-24-39-37-13-5-8-16-44(37)52-47(39)29-34)35-27-40(48-42(28-35)36-12-4-7-15-43(36)50-48)32-20-25-46-41(26-32)38-14-6-9-17-45(38)51-46/h1-29H. The fraction of sp³-hybridized carbons (Fsp3) is 0. The van der Waals surface area contributed by atoms with Gasteiger partial charge in [0.1, 0.15) is 11.2 Å². The Bertz CT molecular complexity index is 3130. The van der Waals surface area contributed by atoms with Gasteiger partial charge in [-0.3, -0.25) is 0 Å². The Hall–Kier alpha value is -6.20. The molecule has 0 radical (unpaired) electrons. The van der Waals surface area contributed by atoms with E-state index in [9.17, 15) is 0 Å². The molecule has 0 aliphatic carbocycles. The molecule has 2 nitrogen and oxygen atoms in total. The third kappa shape index (κ3) is 4.69. The van der Waals surface area contributed by atoms with Gasteiger partial charge in [0, 0.05) is 73.7 Å². The highest BCUT2D eigenvalue weighted by molar-refractivity contribution is 7.26. The summed E-state index contributed by atoms with van der Waals surface area (Å²) in [6.45, 7) is 0. The molecule has 0 spiro atoms. The molecule has 0 aliphatic rings. The van der Waals surface area contributed by atoms with Crippen LogP contribution in [0, 0.1) is 0 Å². The number of fused-ring (bicyclic) bond motifs is 9. The lowest BCUT2D eigenvalue weighted by Crippen LogP contribution is -2.10. The van der Waals surface area contributed by atoms with Crippen molar-refractivity contribution in [3.8, 4) is 22.3 Å². The highest BCUT2D eigenvalue weighted by Gasteiger charge is 2.21. The van der Waals surface area contributed by atoms with Gasteiger partial charge in [0.05, 0.1) is 0 Å². The van der Waals surface area contributed by atoms with Crippen LogP contribution < -0.4 is 4.90 Å². The van der Waals surface area contributed by atoms with Crippen molar-refractivity contribution in [1.82, 2.24) is 0 Å². The van der Waals surface area contributed by atoms with Crippen LogP contribution in [0.5, 0.6) is 0 Å². The summed E-state index contributed by atoms with van der Waals surface area (Å²) in [6.07, 6.45) is 0. The van der Waals surface area contributed by atoms with Crippen molar-refractivity contribution in [2.24, 2.45) is 0 Å². The summed E-state index contributed by atoms with van der Waals surface area (Å²) in [6, 6.07) is 63.8. The average Bonchev–Trinajstić information content (AvgIpc) is 3.89. The zero-order valence-electron chi connectivity index (χ0n) is 27.9. The molecule has 0 N–H and O–H groups in total. The maximum Gasteiger partial charge on any atom is 0.143 e. The van der Waals surface area contributed by atoms with Crippen LogP contribution in [0.4, 0.5) is 17.1 Å². The van der Waals surface area contributed by atoms with Crippen LogP contribution in [0.1, 0.15) is 0 Å². The van der Waals surface area contributed by atoms with Crippen LogP contribution >= 0.6 is 22.7 Å². The van der Waals surface area contributed by atoms with E-state index in [2.05, 4.69) is 181 Å². The highest BCUT2D eigenvalue weighted by atomic mass is 32.1. The number of benzene rings is 8. The fourth-order valence-electron chi connectivity index (χ4n) is 7.78. The van der Waals surface area contributed by atoms with Gasteiger partial charge < -0.3 is 9.32 Å². The SMILES string of the molecule is c1ccc(-c2ccc(N(c3ccc4c(c3)sc3ccccc34)c3cc(-c4ccc5sc6ccccc6c5c4)c4oc5ccccc5c4c3)cc2)cc1. The monoisotopic (exact) mass is 699 g/mol. The molecule has 52 heavy (non-hydrogen) atoms. The van der Waals surface area contributed by atoms with Crippen molar-refractivity contribution in [3.05, 3.63) is 176 Å². The second-order valence-electron chi connectivity index (χ2n) is 13.3. The highest BCUT2D eigenvalue weighted by Crippen LogP contribution is 2.46. The summed E-state index contributed by atoms with van der Waals surface area (Å²) in [5, 5.41) is 7.37. The fourth-order valence-corrected chi connectivity index (χ4v) is 10.0. The first-order chi connectivity index (χ1) is 25.7. The molecule has 244 valence electrons. The Morgan fingerprint density at radius 1 is 0.346 bits per heavy atom. The third-order valence-corrected chi connectivity index (χ3v) is 12.5. The number of rotatable bonds is 5. The number of hydrogen-bond acceptors (Lipinski definition) is 4. The van der Waals surface area contributed by atoms with E-state index in [1.807, 2.05) is 22.7 Å². The topological polar surface area (TPSA) is 16.4 Å². The van der Waals surface area contributed by atoms with Crippen molar-refractivity contribution in [2.45, 2.75) is 0 Å². The van der Waals surface area contributed by atoms with Crippen LogP contribution in [-0.4, -0.2) is 0 Å². The molecular weight excluding hydrogens is 671 g/mol. The van der Waals surface area contributed by atoms with Crippen molar-refractivity contribution >= 4 is 102 Å². The molecule has 11 aromatic rings.